The zero-order valence-electron chi connectivity index (χ0n) is 32.2. The maximum Gasteiger partial charge on any atom is 0.137 e. The minimum Gasteiger partial charge on any atom is -0.456 e. The molecule has 13 rings (SSSR count). The minimum absolute atomic E-state index is 0.855. The Kier molecular flexibility index (Phi) is 6.98. The Morgan fingerprint density at radius 1 is 0.267 bits per heavy atom. The number of furan rings is 3. The van der Waals surface area contributed by atoms with E-state index in [1.54, 1.807) is 0 Å². The van der Waals surface area contributed by atoms with Gasteiger partial charge in [0.05, 0.1) is 0 Å². The molecule has 0 saturated heterocycles. The van der Waals surface area contributed by atoms with Gasteiger partial charge in [0.25, 0.3) is 0 Å². The summed E-state index contributed by atoms with van der Waals surface area (Å²) in [6.07, 6.45) is 0. The van der Waals surface area contributed by atoms with Crippen molar-refractivity contribution < 1.29 is 13.3 Å². The van der Waals surface area contributed by atoms with E-state index in [4.69, 9.17) is 13.3 Å². The van der Waals surface area contributed by atoms with E-state index in [2.05, 4.69) is 181 Å². The molecule has 280 valence electrons. The van der Waals surface area contributed by atoms with E-state index in [1.165, 1.54) is 21.9 Å². The highest BCUT2D eigenvalue weighted by Gasteiger charge is 2.21. The van der Waals surface area contributed by atoms with Crippen LogP contribution in [0.2, 0.25) is 0 Å². The summed E-state index contributed by atoms with van der Waals surface area (Å²) in [5.41, 5.74) is 12.9. The van der Waals surface area contributed by atoms with Crippen LogP contribution < -0.4 is 4.90 Å². The normalized spacial score (nSPS) is 12.0. The quantitative estimate of drug-likeness (QED) is 0.175. The summed E-state index contributed by atoms with van der Waals surface area (Å²) < 4.78 is 19.4. The molecule has 0 fully saturated rings. The number of hydrogen-bond donors (Lipinski definition) is 0. The van der Waals surface area contributed by atoms with Crippen molar-refractivity contribution in [3.8, 4) is 22.3 Å². The molecular formula is C56H33NO3. The topological polar surface area (TPSA) is 42.7 Å². The first-order valence-electron chi connectivity index (χ1n) is 20.3. The smallest absolute Gasteiger partial charge is 0.137 e. The maximum absolute atomic E-state index is 6.61. The van der Waals surface area contributed by atoms with Gasteiger partial charge in [0.2, 0.25) is 0 Å². The van der Waals surface area contributed by atoms with Crippen LogP contribution in [0.4, 0.5) is 17.1 Å². The van der Waals surface area contributed by atoms with E-state index >= 15 is 0 Å². The Bertz CT molecular complexity index is 3820. The van der Waals surface area contributed by atoms with Crippen molar-refractivity contribution in [1.82, 2.24) is 0 Å². The molecule has 0 atom stereocenters. The molecule has 0 saturated carbocycles. The second-order valence-corrected chi connectivity index (χ2v) is 15.6. The standard InChI is InChI=1S/C56H33NO3/c1-2-11-41-34(9-1)10-7-14-42(41)35-19-25-38(26-20-35)57(40-29-30-45-44-12-3-5-16-47(44)59-52(45)33-40)39-27-21-36(22-28-39)43-15-8-18-49-54(43)56-51(60-49)32-24-37-23-31-50-55(53(37)56)46-13-4-6-17-48(46)58-50/h1-33H. The summed E-state index contributed by atoms with van der Waals surface area (Å²) in [5, 5.41) is 11.4. The fourth-order valence-electron chi connectivity index (χ4n) is 9.54. The first-order chi connectivity index (χ1) is 29.7. The van der Waals surface area contributed by atoms with Gasteiger partial charge in [-0.1, -0.05) is 127 Å². The molecule has 0 aliphatic heterocycles. The number of anilines is 3. The van der Waals surface area contributed by atoms with Crippen LogP contribution in [-0.2, 0) is 0 Å². The molecule has 0 amide bonds. The molecular weight excluding hydrogens is 735 g/mol. The Morgan fingerprint density at radius 3 is 1.57 bits per heavy atom. The number of hydrogen-bond acceptors (Lipinski definition) is 4. The number of nitrogens with zero attached hydrogens (tertiary/aromatic N) is 1. The minimum atomic E-state index is 0.855. The fraction of sp³-hybridized carbons (Fsp3) is 0. The third-order valence-corrected chi connectivity index (χ3v) is 12.3. The highest BCUT2D eigenvalue weighted by atomic mass is 16.3. The Hall–Kier alpha value is -8.08. The lowest BCUT2D eigenvalue weighted by molar-refractivity contribution is 0.668. The van der Waals surface area contributed by atoms with Gasteiger partial charge in [-0.2, -0.15) is 0 Å². The molecule has 0 unspecified atom stereocenters. The molecule has 13 aromatic rings. The third kappa shape index (κ3) is 4.91. The molecule has 60 heavy (non-hydrogen) atoms. The van der Waals surface area contributed by atoms with Crippen molar-refractivity contribution >= 4 is 104 Å². The Morgan fingerprint density at radius 2 is 0.783 bits per heavy atom. The highest BCUT2D eigenvalue weighted by Crippen LogP contribution is 2.46. The van der Waals surface area contributed by atoms with Gasteiger partial charge < -0.3 is 18.2 Å². The van der Waals surface area contributed by atoms with Crippen LogP contribution in [0.25, 0.3) is 110 Å². The lowest BCUT2D eigenvalue weighted by Crippen LogP contribution is -2.09. The van der Waals surface area contributed by atoms with Crippen LogP contribution in [0, 0.1) is 0 Å². The van der Waals surface area contributed by atoms with Crippen molar-refractivity contribution in [2.24, 2.45) is 0 Å². The average Bonchev–Trinajstić information content (AvgIpc) is 4.01. The summed E-state index contributed by atoms with van der Waals surface area (Å²) >= 11 is 0. The van der Waals surface area contributed by atoms with Crippen LogP contribution in [0.3, 0.4) is 0 Å². The molecule has 4 nitrogen and oxygen atoms in total. The lowest BCUT2D eigenvalue weighted by atomic mass is 9.94. The summed E-state index contributed by atoms with van der Waals surface area (Å²) in [4.78, 5) is 2.31. The fourth-order valence-corrected chi connectivity index (χ4v) is 9.54. The SMILES string of the molecule is c1ccc2c(-c3ccc(N(c4ccc(-c5cccc6oc7ccc8ccc9oc%10ccccc%10c9c8c7c56)cc4)c4ccc5c(c4)oc4ccccc45)cc3)cccc2c1. The van der Waals surface area contributed by atoms with Crippen LogP contribution >= 0.6 is 0 Å². The van der Waals surface area contributed by atoms with Crippen molar-refractivity contribution in [2.75, 3.05) is 4.90 Å². The number of benzene rings is 10. The molecule has 0 aliphatic rings. The number of fused-ring (bicyclic) bond motifs is 13. The maximum atomic E-state index is 6.61. The predicted octanol–water partition coefficient (Wildman–Crippen LogP) is 16.5. The van der Waals surface area contributed by atoms with Crippen molar-refractivity contribution in [3.05, 3.63) is 200 Å². The molecule has 3 aromatic heterocycles. The van der Waals surface area contributed by atoms with Gasteiger partial charge in [0, 0.05) is 60.8 Å². The van der Waals surface area contributed by atoms with E-state index in [1.807, 2.05) is 24.3 Å². The zero-order valence-corrected chi connectivity index (χ0v) is 32.2. The molecule has 0 spiro atoms. The third-order valence-electron chi connectivity index (χ3n) is 12.3. The molecule has 0 radical (unpaired) electrons. The average molecular weight is 768 g/mol. The summed E-state index contributed by atoms with van der Waals surface area (Å²) in [5.74, 6) is 0. The summed E-state index contributed by atoms with van der Waals surface area (Å²) in [6.45, 7) is 0. The van der Waals surface area contributed by atoms with Crippen LogP contribution in [0.1, 0.15) is 0 Å². The second-order valence-electron chi connectivity index (χ2n) is 15.6. The van der Waals surface area contributed by atoms with E-state index in [9.17, 15) is 0 Å². The molecule has 0 aliphatic carbocycles. The van der Waals surface area contributed by atoms with E-state index in [-0.39, 0.29) is 0 Å². The molecule has 3 heterocycles. The van der Waals surface area contributed by atoms with Crippen LogP contribution in [0.15, 0.2) is 213 Å². The van der Waals surface area contributed by atoms with Gasteiger partial charge in [0.1, 0.15) is 33.5 Å². The van der Waals surface area contributed by atoms with E-state index in [0.29, 0.717) is 0 Å². The summed E-state index contributed by atoms with van der Waals surface area (Å²) in [7, 11) is 0. The monoisotopic (exact) mass is 767 g/mol. The van der Waals surface area contributed by atoms with Gasteiger partial charge in [-0.25, -0.2) is 0 Å². The van der Waals surface area contributed by atoms with E-state index < -0.39 is 0 Å². The van der Waals surface area contributed by atoms with Crippen molar-refractivity contribution in [1.29, 1.82) is 0 Å². The number of rotatable bonds is 5. The van der Waals surface area contributed by atoms with Crippen LogP contribution in [0.5, 0.6) is 0 Å². The zero-order chi connectivity index (χ0) is 39.3. The molecule has 0 N–H and O–H groups in total. The molecule has 10 aromatic carbocycles. The Balaban J connectivity index is 0.974. The van der Waals surface area contributed by atoms with Gasteiger partial charge in [-0.3, -0.25) is 0 Å². The van der Waals surface area contributed by atoms with Gasteiger partial charge in [0.15, 0.2) is 0 Å². The van der Waals surface area contributed by atoms with Crippen LogP contribution in [-0.4, -0.2) is 0 Å². The Labute approximate surface area is 343 Å². The first kappa shape index (κ1) is 32.9. The second kappa shape index (κ2) is 12.7. The van der Waals surface area contributed by atoms with Gasteiger partial charge in [-0.05, 0) is 105 Å². The van der Waals surface area contributed by atoms with Crippen molar-refractivity contribution in [2.45, 2.75) is 0 Å². The molecule has 4 heteroatoms. The number of para-hydroxylation sites is 2. The van der Waals surface area contributed by atoms with E-state index in [0.717, 1.165) is 105 Å². The van der Waals surface area contributed by atoms with Gasteiger partial charge >= 0.3 is 0 Å². The van der Waals surface area contributed by atoms with Crippen molar-refractivity contribution in [3.63, 3.8) is 0 Å². The highest BCUT2D eigenvalue weighted by molar-refractivity contribution is 6.32. The summed E-state index contributed by atoms with van der Waals surface area (Å²) in [6, 6.07) is 70.8. The first-order valence-corrected chi connectivity index (χ1v) is 20.3. The lowest BCUT2D eigenvalue weighted by Gasteiger charge is -2.26. The predicted molar refractivity (Wildman–Crippen MR) is 249 cm³/mol. The molecule has 0 bridgehead atoms. The largest absolute Gasteiger partial charge is 0.456 e. The van der Waals surface area contributed by atoms with Gasteiger partial charge in [-0.15, -0.1) is 0 Å².